The third-order valence-corrected chi connectivity index (χ3v) is 7.10. The molecule has 4 heterocycles. The van der Waals surface area contributed by atoms with E-state index in [9.17, 15) is 8.42 Å². The summed E-state index contributed by atoms with van der Waals surface area (Å²) >= 11 is 0. The molecular weight excluding hydrogens is 338 g/mol. The van der Waals surface area contributed by atoms with Crippen molar-refractivity contribution in [2.45, 2.75) is 25.8 Å². The summed E-state index contributed by atoms with van der Waals surface area (Å²) in [5, 5.41) is 0. The molecule has 0 spiro atoms. The molecule has 2 aliphatic rings. The summed E-state index contributed by atoms with van der Waals surface area (Å²) in [4.78, 5) is 6.96. The van der Waals surface area contributed by atoms with Crippen molar-refractivity contribution in [1.29, 1.82) is 0 Å². The highest BCUT2D eigenvalue weighted by Gasteiger charge is 2.32. The van der Waals surface area contributed by atoms with E-state index in [1.54, 1.807) is 8.61 Å². The van der Waals surface area contributed by atoms with Gasteiger partial charge in [-0.25, -0.2) is 4.98 Å². The number of imidazole rings is 1. The number of hydrogen-bond acceptors (Lipinski definition) is 4. The van der Waals surface area contributed by atoms with Crippen LogP contribution in [0.1, 0.15) is 25.0 Å². The summed E-state index contributed by atoms with van der Waals surface area (Å²) in [5.74, 6) is 0. The lowest BCUT2D eigenvalue weighted by Crippen LogP contribution is -2.44. The quantitative estimate of drug-likeness (QED) is 0.819. The lowest BCUT2D eigenvalue weighted by molar-refractivity contribution is 0.274. The molecule has 2 aromatic heterocycles. The Morgan fingerprint density at radius 2 is 1.68 bits per heavy atom. The van der Waals surface area contributed by atoms with Gasteiger partial charge < -0.3 is 4.40 Å². The molecule has 0 aliphatic carbocycles. The highest BCUT2D eigenvalue weighted by Crippen LogP contribution is 2.19. The second-order valence-electron chi connectivity index (χ2n) is 6.84. The van der Waals surface area contributed by atoms with Crippen molar-refractivity contribution in [3.63, 3.8) is 0 Å². The van der Waals surface area contributed by atoms with Crippen LogP contribution in [-0.4, -0.2) is 70.6 Å². The van der Waals surface area contributed by atoms with E-state index in [2.05, 4.69) is 16.1 Å². The summed E-state index contributed by atoms with van der Waals surface area (Å²) in [6.45, 7) is 4.93. The Hall–Kier alpha value is -1.48. The van der Waals surface area contributed by atoms with Gasteiger partial charge in [0, 0.05) is 51.7 Å². The van der Waals surface area contributed by atoms with Crippen molar-refractivity contribution < 1.29 is 8.42 Å². The van der Waals surface area contributed by atoms with Crippen LogP contribution in [-0.2, 0) is 16.8 Å². The number of pyridine rings is 1. The number of hydrogen-bond donors (Lipinski definition) is 0. The van der Waals surface area contributed by atoms with Gasteiger partial charge in [-0.05, 0) is 37.9 Å². The molecule has 0 amide bonds. The van der Waals surface area contributed by atoms with Gasteiger partial charge >= 0.3 is 0 Å². The topological polar surface area (TPSA) is 61.2 Å². The molecule has 0 radical (unpaired) electrons. The van der Waals surface area contributed by atoms with Gasteiger partial charge in [0.05, 0.1) is 5.69 Å². The molecule has 2 fully saturated rings. The van der Waals surface area contributed by atoms with E-state index in [0.717, 1.165) is 50.2 Å². The summed E-state index contributed by atoms with van der Waals surface area (Å²) in [5.41, 5.74) is 1.98. The van der Waals surface area contributed by atoms with Crippen molar-refractivity contribution in [3.8, 4) is 0 Å². The van der Waals surface area contributed by atoms with Crippen LogP contribution in [0, 0.1) is 0 Å². The predicted octanol–water partition coefficient (Wildman–Crippen LogP) is 1.18. The minimum atomic E-state index is -3.28. The lowest BCUT2D eigenvalue weighted by Gasteiger charge is -2.26. The Bertz CT molecular complexity index is 795. The summed E-state index contributed by atoms with van der Waals surface area (Å²) < 4.78 is 30.8. The molecule has 136 valence electrons. The average molecular weight is 363 g/mol. The summed E-state index contributed by atoms with van der Waals surface area (Å²) in [7, 11) is -3.28. The SMILES string of the molecule is O=S(=O)(N1CCCC1)N1CCCN(Cc2cn3ccccc3n2)CC1. The number of aromatic nitrogens is 2. The fourth-order valence-electron chi connectivity index (χ4n) is 3.71. The van der Waals surface area contributed by atoms with Crippen LogP contribution >= 0.6 is 0 Å². The molecule has 0 N–H and O–H groups in total. The van der Waals surface area contributed by atoms with Crippen molar-refractivity contribution in [2.24, 2.45) is 0 Å². The monoisotopic (exact) mass is 363 g/mol. The molecule has 0 bridgehead atoms. The number of rotatable bonds is 4. The molecule has 8 heteroatoms. The normalized spacial score (nSPS) is 21.8. The molecule has 0 saturated carbocycles. The third kappa shape index (κ3) is 3.57. The van der Waals surface area contributed by atoms with Crippen molar-refractivity contribution >= 4 is 15.9 Å². The van der Waals surface area contributed by atoms with E-state index in [0.29, 0.717) is 26.2 Å². The largest absolute Gasteiger partial charge is 0.307 e. The predicted molar refractivity (Wildman–Crippen MR) is 96.4 cm³/mol. The summed E-state index contributed by atoms with van der Waals surface area (Å²) in [6, 6.07) is 5.97. The van der Waals surface area contributed by atoms with Crippen LogP contribution in [0.25, 0.3) is 5.65 Å². The fraction of sp³-hybridized carbons (Fsp3) is 0.588. The number of fused-ring (bicyclic) bond motifs is 1. The zero-order chi connectivity index (χ0) is 17.3. The first-order valence-electron chi connectivity index (χ1n) is 9.03. The van der Waals surface area contributed by atoms with Gasteiger partial charge in [-0.3, -0.25) is 4.90 Å². The second kappa shape index (κ2) is 7.03. The molecule has 4 rings (SSSR count). The Balaban J connectivity index is 1.41. The van der Waals surface area contributed by atoms with Gasteiger partial charge in [-0.1, -0.05) is 6.07 Å². The molecule has 7 nitrogen and oxygen atoms in total. The average Bonchev–Trinajstić information content (AvgIpc) is 3.21. The van der Waals surface area contributed by atoms with E-state index in [4.69, 9.17) is 0 Å². The molecule has 0 atom stereocenters. The van der Waals surface area contributed by atoms with E-state index in [1.165, 1.54) is 0 Å². The van der Waals surface area contributed by atoms with Gasteiger partial charge in [0.2, 0.25) is 0 Å². The highest BCUT2D eigenvalue weighted by molar-refractivity contribution is 7.86. The maximum absolute atomic E-state index is 12.7. The van der Waals surface area contributed by atoms with Crippen molar-refractivity contribution in [3.05, 3.63) is 36.3 Å². The first-order valence-corrected chi connectivity index (χ1v) is 10.4. The molecule has 2 aromatic rings. The fourth-order valence-corrected chi connectivity index (χ4v) is 5.43. The van der Waals surface area contributed by atoms with Gasteiger partial charge in [0.1, 0.15) is 5.65 Å². The van der Waals surface area contributed by atoms with Crippen LogP contribution in [0.15, 0.2) is 30.6 Å². The van der Waals surface area contributed by atoms with Gasteiger partial charge in [-0.15, -0.1) is 0 Å². The number of nitrogens with zero attached hydrogens (tertiary/aromatic N) is 5. The van der Waals surface area contributed by atoms with Crippen LogP contribution in [0.2, 0.25) is 0 Å². The van der Waals surface area contributed by atoms with E-state index in [-0.39, 0.29) is 0 Å². The van der Waals surface area contributed by atoms with Gasteiger partial charge in [-0.2, -0.15) is 17.0 Å². The Morgan fingerprint density at radius 1 is 0.920 bits per heavy atom. The van der Waals surface area contributed by atoms with Crippen LogP contribution in [0.4, 0.5) is 0 Å². The Kier molecular flexibility index (Phi) is 4.77. The highest BCUT2D eigenvalue weighted by atomic mass is 32.2. The maximum Gasteiger partial charge on any atom is 0.282 e. The Labute approximate surface area is 149 Å². The molecule has 2 aliphatic heterocycles. The zero-order valence-electron chi connectivity index (χ0n) is 14.4. The van der Waals surface area contributed by atoms with Crippen LogP contribution in [0.3, 0.4) is 0 Å². The van der Waals surface area contributed by atoms with Crippen molar-refractivity contribution in [1.82, 2.24) is 22.9 Å². The van der Waals surface area contributed by atoms with E-state index >= 15 is 0 Å². The van der Waals surface area contributed by atoms with Crippen LogP contribution < -0.4 is 0 Å². The molecule has 25 heavy (non-hydrogen) atoms. The summed E-state index contributed by atoms with van der Waals surface area (Å²) in [6.07, 6.45) is 6.87. The third-order valence-electron chi connectivity index (χ3n) is 5.06. The standard InChI is InChI=1S/C17H25N5O2S/c23-25(24,21-9-3-4-10-21)22-11-5-7-19(12-13-22)14-16-15-20-8-2-1-6-17(20)18-16/h1-2,6,8,15H,3-5,7,9-14H2. The first-order chi connectivity index (χ1) is 12.1. The molecule has 2 saturated heterocycles. The first kappa shape index (κ1) is 17.0. The van der Waals surface area contributed by atoms with Gasteiger partial charge in [0.25, 0.3) is 10.2 Å². The smallest absolute Gasteiger partial charge is 0.282 e. The molecule has 0 unspecified atom stereocenters. The zero-order valence-corrected chi connectivity index (χ0v) is 15.2. The molecular formula is C17H25N5O2S. The Morgan fingerprint density at radius 3 is 2.48 bits per heavy atom. The molecule has 0 aromatic carbocycles. The lowest BCUT2D eigenvalue weighted by atomic mass is 10.3. The van der Waals surface area contributed by atoms with Gasteiger partial charge in [0.15, 0.2) is 0 Å². The second-order valence-corrected chi connectivity index (χ2v) is 8.77. The minimum absolute atomic E-state index is 0.562. The van der Waals surface area contributed by atoms with Crippen LogP contribution in [0.5, 0.6) is 0 Å². The maximum atomic E-state index is 12.7. The minimum Gasteiger partial charge on any atom is -0.307 e. The van der Waals surface area contributed by atoms with Crippen molar-refractivity contribution in [2.75, 3.05) is 39.3 Å². The van der Waals surface area contributed by atoms with E-state index < -0.39 is 10.2 Å². The van der Waals surface area contributed by atoms with E-state index in [1.807, 2.05) is 28.8 Å².